The van der Waals surface area contributed by atoms with Crippen molar-refractivity contribution in [1.29, 1.82) is 0 Å². The molecule has 0 aromatic carbocycles. The van der Waals surface area contributed by atoms with Crippen molar-refractivity contribution >= 4 is 17.5 Å². The van der Waals surface area contributed by atoms with Crippen LogP contribution in [0.25, 0.3) is 0 Å². The fourth-order valence-electron chi connectivity index (χ4n) is 2.67. The molecule has 0 aliphatic carbocycles. The van der Waals surface area contributed by atoms with E-state index >= 15 is 0 Å². The second kappa shape index (κ2) is 5.78. The van der Waals surface area contributed by atoms with Crippen molar-refractivity contribution in [2.45, 2.75) is 45.2 Å². The third-order valence-electron chi connectivity index (χ3n) is 3.65. The first-order valence-electron chi connectivity index (χ1n) is 6.57. The number of hydrogen-bond acceptors (Lipinski definition) is 3. The summed E-state index contributed by atoms with van der Waals surface area (Å²) in [5.74, 6) is 0.371. The number of carbonyl (C=O) groups excluding carboxylic acids is 1. The minimum atomic E-state index is 0.00213. The minimum absolute atomic E-state index is 0.00213. The Balaban J connectivity index is 2.30. The van der Waals surface area contributed by atoms with Gasteiger partial charge in [0.25, 0.3) is 5.91 Å². The van der Waals surface area contributed by atoms with Gasteiger partial charge in [0.15, 0.2) is 0 Å². The molecule has 2 unspecified atom stereocenters. The lowest BCUT2D eigenvalue weighted by Crippen LogP contribution is -2.47. The lowest BCUT2D eigenvalue weighted by molar-refractivity contribution is 0.0510. The first-order valence-corrected chi connectivity index (χ1v) is 6.95. The van der Waals surface area contributed by atoms with Crippen LogP contribution in [-0.2, 0) is 0 Å². The molecule has 104 valence electrons. The summed E-state index contributed by atoms with van der Waals surface area (Å²) in [6, 6.07) is 3.76. The maximum Gasteiger partial charge on any atom is 0.254 e. The van der Waals surface area contributed by atoms with Gasteiger partial charge in [-0.15, -0.1) is 0 Å². The van der Waals surface area contributed by atoms with Gasteiger partial charge in [0.1, 0.15) is 5.15 Å². The summed E-state index contributed by atoms with van der Waals surface area (Å²) in [5.41, 5.74) is 0.539. The SMILES string of the molecule is COc1cc(C(=O)N2C(C)CCCC2C)cc(Cl)n1. The quantitative estimate of drug-likeness (QED) is 0.783. The molecule has 0 saturated carbocycles. The number of piperidine rings is 1. The number of rotatable bonds is 2. The highest BCUT2D eigenvalue weighted by Gasteiger charge is 2.30. The van der Waals surface area contributed by atoms with Crippen LogP contribution >= 0.6 is 11.6 Å². The maximum absolute atomic E-state index is 12.6. The van der Waals surface area contributed by atoms with E-state index in [1.807, 2.05) is 4.90 Å². The number of likely N-dealkylation sites (tertiary alicyclic amines) is 1. The molecule has 0 spiro atoms. The molecule has 0 bridgehead atoms. The monoisotopic (exact) mass is 282 g/mol. The summed E-state index contributed by atoms with van der Waals surface area (Å²) in [7, 11) is 1.51. The molecule has 1 fully saturated rings. The number of methoxy groups -OCH3 is 1. The van der Waals surface area contributed by atoms with Gasteiger partial charge in [-0.25, -0.2) is 4.98 Å². The smallest absolute Gasteiger partial charge is 0.254 e. The standard InChI is InChI=1S/C14H19ClN2O2/c1-9-5-4-6-10(2)17(9)14(18)11-7-12(15)16-13(8-11)19-3/h7-10H,4-6H2,1-3H3. The number of carbonyl (C=O) groups is 1. The first kappa shape index (κ1) is 14.1. The summed E-state index contributed by atoms with van der Waals surface area (Å²) in [6.45, 7) is 4.18. The van der Waals surface area contributed by atoms with Gasteiger partial charge in [0, 0.05) is 23.7 Å². The highest BCUT2D eigenvalue weighted by Crippen LogP contribution is 2.26. The van der Waals surface area contributed by atoms with E-state index in [1.54, 1.807) is 12.1 Å². The first-order chi connectivity index (χ1) is 9.02. The lowest BCUT2D eigenvalue weighted by Gasteiger charge is -2.39. The molecule has 2 heterocycles. The average molecular weight is 283 g/mol. The summed E-state index contributed by atoms with van der Waals surface area (Å²) in [5, 5.41) is 0.278. The molecule has 1 amide bonds. The number of aromatic nitrogens is 1. The Morgan fingerprint density at radius 3 is 2.58 bits per heavy atom. The van der Waals surface area contributed by atoms with E-state index in [0.717, 1.165) is 12.8 Å². The van der Waals surface area contributed by atoms with E-state index in [2.05, 4.69) is 18.8 Å². The highest BCUT2D eigenvalue weighted by molar-refractivity contribution is 6.29. The normalized spacial score (nSPS) is 23.3. The number of ether oxygens (including phenoxy) is 1. The summed E-state index contributed by atoms with van der Waals surface area (Å²) < 4.78 is 5.06. The second-order valence-corrected chi connectivity index (χ2v) is 5.45. The molecule has 1 aromatic rings. The van der Waals surface area contributed by atoms with Crippen LogP contribution in [-0.4, -0.2) is 35.0 Å². The van der Waals surface area contributed by atoms with Crippen LogP contribution in [0.2, 0.25) is 5.15 Å². The third-order valence-corrected chi connectivity index (χ3v) is 3.85. The molecule has 2 atom stereocenters. The molecule has 1 saturated heterocycles. The molecule has 0 N–H and O–H groups in total. The molecule has 0 radical (unpaired) electrons. The summed E-state index contributed by atoms with van der Waals surface area (Å²) >= 11 is 5.92. The van der Waals surface area contributed by atoms with E-state index in [0.29, 0.717) is 11.4 Å². The molecule has 1 aliphatic rings. The molecule has 2 rings (SSSR count). The van der Waals surface area contributed by atoms with Crippen LogP contribution in [0, 0.1) is 0 Å². The number of hydrogen-bond donors (Lipinski definition) is 0. The van der Waals surface area contributed by atoms with E-state index in [-0.39, 0.29) is 23.1 Å². The van der Waals surface area contributed by atoms with Crippen LogP contribution in [0.1, 0.15) is 43.5 Å². The molecule has 5 heteroatoms. The number of nitrogens with zero attached hydrogens (tertiary/aromatic N) is 2. The van der Waals surface area contributed by atoms with Gasteiger partial charge in [-0.05, 0) is 39.2 Å². The van der Waals surface area contributed by atoms with E-state index in [1.165, 1.54) is 13.5 Å². The van der Waals surface area contributed by atoms with Gasteiger partial charge in [-0.2, -0.15) is 0 Å². The minimum Gasteiger partial charge on any atom is -0.481 e. The average Bonchev–Trinajstić information content (AvgIpc) is 2.37. The predicted molar refractivity (Wildman–Crippen MR) is 74.7 cm³/mol. The highest BCUT2D eigenvalue weighted by atomic mass is 35.5. The van der Waals surface area contributed by atoms with E-state index < -0.39 is 0 Å². The molecular weight excluding hydrogens is 264 g/mol. The summed E-state index contributed by atoms with van der Waals surface area (Å²) in [6.07, 6.45) is 3.27. The zero-order chi connectivity index (χ0) is 14.0. The van der Waals surface area contributed by atoms with Crippen LogP contribution in [0.15, 0.2) is 12.1 Å². The number of amides is 1. The van der Waals surface area contributed by atoms with Crippen LogP contribution in [0.5, 0.6) is 5.88 Å². The largest absolute Gasteiger partial charge is 0.481 e. The molecule has 4 nitrogen and oxygen atoms in total. The van der Waals surface area contributed by atoms with Crippen molar-refractivity contribution in [2.24, 2.45) is 0 Å². The van der Waals surface area contributed by atoms with Crippen LogP contribution in [0.3, 0.4) is 0 Å². The zero-order valence-corrected chi connectivity index (χ0v) is 12.3. The van der Waals surface area contributed by atoms with Crippen molar-refractivity contribution in [3.8, 4) is 5.88 Å². The van der Waals surface area contributed by atoms with Gasteiger partial charge in [0.05, 0.1) is 7.11 Å². The second-order valence-electron chi connectivity index (χ2n) is 5.06. The van der Waals surface area contributed by atoms with Gasteiger partial charge in [0.2, 0.25) is 5.88 Å². The predicted octanol–water partition coefficient (Wildman–Crippen LogP) is 3.15. The van der Waals surface area contributed by atoms with Crippen molar-refractivity contribution in [1.82, 2.24) is 9.88 Å². The lowest BCUT2D eigenvalue weighted by atomic mass is 9.96. The van der Waals surface area contributed by atoms with Crippen LogP contribution in [0.4, 0.5) is 0 Å². The fraction of sp³-hybridized carbons (Fsp3) is 0.571. The molecule has 1 aromatic heterocycles. The molecule has 1 aliphatic heterocycles. The maximum atomic E-state index is 12.6. The Kier molecular flexibility index (Phi) is 4.30. The molecular formula is C14H19ClN2O2. The van der Waals surface area contributed by atoms with Crippen molar-refractivity contribution in [3.63, 3.8) is 0 Å². The number of halogens is 1. The van der Waals surface area contributed by atoms with Gasteiger partial charge in [-0.3, -0.25) is 4.79 Å². The Morgan fingerprint density at radius 2 is 2.00 bits per heavy atom. The number of pyridine rings is 1. The van der Waals surface area contributed by atoms with E-state index in [4.69, 9.17) is 16.3 Å². The molecule has 19 heavy (non-hydrogen) atoms. The Morgan fingerprint density at radius 1 is 1.37 bits per heavy atom. The zero-order valence-electron chi connectivity index (χ0n) is 11.5. The topological polar surface area (TPSA) is 42.4 Å². The fourth-order valence-corrected chi connectivity index (χ4v) is 2.87. The van der Waals surface area contributed by atoms with Crippen molar-refractivity contribution in [3.05, 3.63) is 22.8 Å². The van der Waals surface area contributed by atoms with Gasteiger partial charge < -0.3 is 9.64 Å². The Hall–Kier alpha value is -1.29. The van der Waals surface area contributed by atoms with Gasteiger partial charge >= 0.3 is 0 Å². The third kappa shape index (κ3) is 3.00. The Bertz CT molecular complexity index is 469. The Labute approximate surface area is 118 Å². The van der Waals surface area contributed by atoms with Crippen LogP contribution < -0.4 is 4.74 Å². The van der Waals surface area contributed by atoms with Crippen molar-refractivity contribution in [2.75, 3.05) is 7.11 Å². The summed E-state index contributed by atoms with van der Waals surface area (Å²) in [4.78, 5) is 18.6. The van der Waals surface area contributed by atoms with E-state index in [9.17, 15) is 4.79 Å². The van der Waals surface area contributed by atoms with Gasteiger partial charge in [-0.1, -0.05) is 11.6 Å². The van der Waals surface area contributed by atoms with Crippen molar-refractivity contribution < 1.29 is 9.53 Å².